The molecule has 0 amide bonds. The zero-order chi connectivity index (χ0) is 28.6. The van der Waals surface area contributed by atoms with Gasteiger partial charge in [-0.2, -0.15) is 5.10 Å². The van der Waals surface area contributed by atoms with Crippen molar-refractivity contribution in [3.63, 3.8) is 0 Å². The summed E-state index contributed by atoms with van der Waals surface area (Å²) in [6.45, 7) is 12.4. The Bertz CT molecular complexity index is 1350. The van der Waals surface area contributed by atoms with Gasteiger partial charge in [-0.25, -0.2) is 4.39 Å². The quantitative estimate of drug-likeness (QED) is 0.343. The van der Waals surface area contributed by atoms with Crippen LogP contribution in [0, 0.1) is 17.2 Å². The number of hydrogen-bond donors (Lipinski definition) is 0. The summed E-state index contributed by atoms with van der Waals surface area (Å²) in [6.07, 6.45) is 3.09. The van der Waals surface area contributed by atoms with Crippen LogP contribution in [0.3, 0.4) is 0 Å². The number of benzene rings is 2. The highest BCUT2D eigenvalue weighted by Crippen LogP contribution is 2.41. The van der Waals surface area contributed by atoms with Crippen LogP contribution in [-0.2, 0) is 22.5 Å². The van der Waals surface area contributed by atoms with E-state index in [1.807, 2.05) is 12.1 Å². The molecule has 6 nitrogen and oxygen atoms in total. The normalized spacial score (nSPS) is 25.6. The third-order valence-corrected chi connectivity index (χ3v) is 9.55. The van der Waals surface area contributed by atoms with Gasteiger partial charge < -0.3 is 9.64 Å². The van der Waals surface area contributed by atoms with Gasteiger partial charge in [0.05, 0.1) is 12.3 Å². The Kier molecular flexibility index (Phi) is 8.01. The van der Waals surface area contributed by atoms with Crippen LogP contribution >= 0.6 is 0 Å². The summed E-state index contributed by atoms with van der Waals surface area (Å²) >= 11 is 0. The number of hydrogen-bond acceptors (Lipinski definition) is 5. The van der Waals surface area contributed by atoms with Crippen molar-refractivity contribution in [3.8, 4) is 0 Å². The lowest BCUT2D eigenvalue weighted by Gasteiger charge is -2.35. The van der Waals surface area contributed by atoms with Gasteiger partial charge in [0.1, 0.15) is 11.9 Å². The summed E-state index contributed by atoms with van der Waals surface area (Å²) in [5.74, 6) is 0.719. The van der Waals surface area contributed by atoms with Gasteiger partial charge in [0.15, 0.2) is 0 Å². The van der Waals surface area contributed by atoms with Crippen molar-refractivity contribution in [1.29, 1.82) is 0 Å². The maximum atomic E-state index is 14.3. The molecule has 0 saturated carbocycles. The van der Waals surface area contributed by atoms with Gasteiger partial charge in [-0.1, -0.05) is 56.3 Å². The fraction of sp³-hybridized carbons (Fsp3) is 0.529. The van der Waals surface area contributed by atoms with Crippen LogP contribution in [0.25, 0.3) is 0 Å². The molecule has 3 aliphatic heterocycles. The average Bonchev–Trinajstić information content (AvgIpc) is 3.64. The second-order valence-corrected chi connectivity index (χ2v) is 13.0. The largest absolute Gasteiger partial charge is 0.464 e. The molecule has 218 valence electrons. The van der Waals surface area contributed by atoms with Gasteiger partial charge in [-0.05, 0) is 68.1 Å². The van der Waals surface area contributed by atoms with Crippen LogP contribution < -0.4 is 0 Å². The van der Waals surface area contributed by atoms with Crippen LogP contribution in [0.2, 0.25) is 0 Å². The molecule has 0 radical (unpaired) electrons. The molecular formula is C34H43FN4O2. The Morgan fingerprint density at radius 1 is 1.02 bits per heavy atom. The Morgan fingerprint density at radius 3 is 2.49 bits per heavy atom. The number of esters is 1. The van der Waals surface area contributed by atoms with E-state index >= 15 is 0 Å². The second-order valence-electron chi connectivity index (χ2n) is 13.0. The number of aryl methyl sites for hydroxylation is 1. The highest BCUT2D eigenvalue weighted by molar-refractivity contribution is 5.79. The zero-order valence-electron chi connectivity index (χ0n) is 24.6. The topological polar surface area (TPSA) is 50.6 Å². The highest BCUT2D eigenvalue weighted by Gasteiger charge is 2.50. The molecule has 3 aromatic rings. The van der Waals surface area contributed by atoms with Crippen molar-refractivity contribution in [2.24, 2.45) is 11.3 Å². The van der Waals surface area contributed by atoms with E-state index < -0.39 is 0 Å². The van der Waals surface area contributed by atoms with Gasteiger partial charge in [0.2, 0.25) is 0 Å². The zero-order valence-corrected chi connectivity index (χ0v) is 24.6. The number of carbonyl (C=O) groups is 1. The Labute approximate surface area is 243 Å². The molecule has 3 atom stereocenters. The van der Waals surface area contributed by atoms with Crippen LogP contribution in [0.1, 0.15) is 68.0 Å². The molecule has 4 heterocycles. The molecule has 3 saturated heterocycles. The Hall–Kier alpha value is -3.03. The third kappa shape index (κ3) is 5.98. The van der Waals surface area contributed by atoms with Crippen molar-refractivity contribution in [1.82, 2.24) is 19.6 Å². The van der Waals surface area contributed by atoms with Gasteiger partial charge >= 0.3 is 5.97 Å². The number of carbonyl (C=O) groups excluding carboxylic acids is 1. The lowest BCUT2D eigenvalue weighted by molar-refractivity contribution is -0.142. The van der Waals surface area contributed by atoms with Gasteiger partial charge in [0.25, 0.3) is 0 Å². The number of halogens is 1. The maximum absolute atomic E-state index is 14.3. The summed E-state index contributed by atoms with van der Waals surface area (Å²) < 4.78 is 22.0. The van der Waals surface area contributed by atoms with E-state index in [4.69, 9.17) is 9.84 Å². The van der Waals surface area contributed by atoms with E-state index in [0.717, 1.165) is 69.8 Å². The smallest absolute Gasteiger partial charge is 0.324 e. The van der Waals surface area contributed by atoms with E-state index in [-0.39, 0.29) is 29.2 Å². The predicted molar refractivity (Wildman–Crippen MR) is 158 cm³/mol. The SMILES string of the molecule is CCn1nc(Cc2ccccc2)cc1C1CCN(C[C@H]2CN([C@H]3C(=O)OCC3(C)C)C[C@@H]2c2cccc(F)c2)CC1. The molecule has 6 rings (SSSR count). The number of likely N-dealkylation sites (tertiary alicyclic amines) is 2. The lowest BCUT2D eigenvalue weighted by atomic mass is 9.86. The Morgan fingerprint density at radius 2 is 1.80 bits per heavy atom. The monoisotopic (exact) mass is 558 g/mol. The lowest BCUT2D eigenvalue weighted by Crippen LogP contribution is -2.46. The predicted octanol–water partition coefficient (Wildman–Crippen LogP) is 5.48. The number of aromatic nitrogens is 2. The molecule has 1 aromatic heterocycles. The number of ether oxygens (including phenoxy) is 1. The summed E-state index contributed by atoms with van der Waals surface area (Å²) in [4.78, 5) is 17.7. The number of nitrogens with zero attached hydrogens (tertiary/aromatic N) is 4. The second kappa shape index (κ2) is 11.7. The summed E-state index contributed by atoms with van der Waals surface area (Å²) in [7, 11) is 0. The molecule has 0 spiro atoms. The van der Waals surface area contributed by atoms with Gasteiger partial charge in [-0.3, -0.25) is 14.4 Å². The molecule has 0 bridgehead atoms. The first-order valence-corrected chi connectivity index (χ1v) is 15.3. The standard InChI is InChI=1S/C34H43FN4O2/c1-4-39-31(19-29(36-39)17-24-9-6-5-7-10-24)25-13-15-37(16-14-25)20-27-21-38(32-33(40)41-23-34(32,2)3)22-30(27)26-11-8-12-28(35)18-26/h5-12,18-19,25,27,30,32H,4,13-17,20-23H2,1-3H3/t27-,30+,32-/m0/s1. The first-order valence-electron chi connectivity index (χ1n) is 15.3. The number of piperidine rings is 1. The first-order chi connectivity index (χ1) is 19.8. The van der Waals surface area contributed by atoms with E-state index in [1.54, 1.807) is 6.07 Å². The van der Waals surface area contributed by atoms with Gasteiger partial charge in [0, 0.05) is 55.5 Å². The van der Waals surface area contributed by atoms with Crippen LogP contribution in [0.5, 0.6) is 0 Å². The minimum absolute atomic E-state index is 0.117. The van der Waals surface area contributed by atoms with Gasteiger partial charge in [-0.15, -0.1) is 0 Å². The van der Waals surface area contributed by atoms with Crippen molar-refractivity contribution in [3.05, 3.63) is 89.0 Å². The summed E-state index contributed by atoms with van der Waals surface area (Å²) in [5.41, 5.74) is 4.62. The first kappa shape index (κ1) is 28.1. The van der Waals surface area contributed by atoms with E-state index in [9.17, 15) is 9.18 Å². The number of cyclic esters (lactones) is 1. The van der Waals surface area contributed by atoms with Crippen molar-refractivity contribution < 1.29 is 13.9 Å². The van der Waals surface area contributed by atoms with Crippen molar-refractivity contribution in [2.45, 2.75) is 64.5 Å². The maximum Gasteiger partial charge on any atom is 0.324 e. The molecule has 41 heavy (non-hydrogen) atoms. The molecule has 2 aromatic carbocycles. The van der Waals surface area contributed by atoms with Crippen LogP contribution in [0.15, 0.2) is 60.7 Å². The summed E-state index contributed by atoms with van der Waals surface area (Å²) in [6, 6.07) is 19.7. The van der Waals surface area contributed by atoms with E-state index in [1.165, 1.54) is 17.3 Å². The van der Waals surface area contributed by atoms with E-state index in [0.29, 0.717) is 18.4 Å². The van der Waals surface area contributed by atoms with Crippen molar-refractivity contribution >= 4 is 5.97 Å². The third-order valence-electron chi connectivity index (χ3n) is 9.55. The minimum atomic E-state index is -0.242. The average molecular weight is 559 g/mol. The fourth-order valence-electron chi connectivity index (χ4n) is 7.50. The van der Waals surface area contributed by atoms with Crippen LogP contribution in [-0.4, -0.2) is 70.9 Å². The molecule has 0 N–H and O–H groups in total. The molecule has 0 aliphatic carbocycles. The molecular weight excluding hydrogens is 515 g/mol. The van der Waals surface area contributed by atoms with Crippen molar-refractivity contribution in [2.75, 3.05) is 39.3 Å². The molecule has 3 aliphatic rings. The van der Waals surface area contributed by atoms with Crippen LogP contribution in [0.4, 0.5) is 4.39 Å². The summed E-state index contributed by atoms with van der Waals surface area (Å²) in [5, 5.41) is 4.94. The molecule has 7 heteroatoms. The number of rotatable bonds is 8. The van der Waals surface area contributed by atoms with E-state index in [2.05, 4.69) is 71.7 Å². The molecule has 0 unspecified atom stereocenters. The Balaban J connectivity index is 1.13. The fourth-order valence-corrected chi connectivity index (χ4v) is 7.50. The minimum Gasteiger partial charge on any atom is -0.464 e. The molecule has 3 fully saturated rings. The highest BCUT2D eigenvalue weighted by atomic mass is 19.1.